The highest BCUT2D eigenvalue weighted by molar-refractivity contribution is 7.92. The number of nitrogens with two attached hydrogens (primary N) is 1. The van der Waals surface area contributed by atoms with Crippen molar-refractivity contribution < 1.29 is 18.3 Å². The van der Waals surface area contributed by atoms with E-state index in [0.717, 1.165) is 5.56 Å². The fourth-order valence-corrected chi connectivity index (χ4v) is 6.36. The number of benzene rings is 2. The molecule has 240 valence electrons. The molecular formula is C32H31N9O5S. The first kappa shape index (κ1) is 31.0. The molecule has 6 rings (SSSR count). The van der Waals surface area contributed by atoms with Gasteiger partial charge in [-0.2, -0.15) is 5.10 Å². The van der Waals surface area contributed by atoms with Gasteiger partial charge in [-0.05, 0) is 74.4 Å². The van der Waals surface area contributed by atoms with Crippen molar-refractivity contribution in [2.45, 2.75) is 31.7 Å². The quantitative estimate of drug-likeness (QED) is 0.175. The molecule has 47 heavy (non-hydrogen) atoms. The van der Waals surface area contributed by atoms with Crippen LogP contribution in [0.25, 0.3) is 22.3 Å². The molecule has 4 heterocycles. The Bertz CT molecular complexity index is 2300. The van der Waals surface area contributed by atoms with E-state index < -0.39 is 16.1 Å². The summed E-state index contributed by atoms with van der Waals surface area (Å²) < 4.78 is 37.6. The first-order valence-corrected chi connectivity index (χ1v) is 15.9. The molecule has 0 aliphatic rings. The van der Waals surface area contributed by atoms with Crippen LogP contribution in [0.3, 0.4) is 0 Å². The van der Waals surface area contributed by atoms with Crippen molar-refractivity contribution >= 4 is 32.9 Å². The number of hydrogen-bond acceptors (Lipinski definition) is 11. The second-order valence-corrected chi connectivity index (χ2v) is 12.5. The molecule has 0 aliphatic heterocycles. The van der Waals surface area contributed by atoms with Gasteiger partial charge in [-0.1, -0.05) is 18.2 Å². The van der Waals surface area contributed by atoms with Crippen LogP contribution in [-0.2, 0) is 10.0 Å². The van der Waals surface area contributed by atoms with Crippen molar-refractivity contribution in [3.8, 4) is 28.4 Å². The number of sulfonamides is 1. The lowest BCUT2D eigenvalue weighted by Crippen LogP contribution is -2.29. The number of phenolic OH excluding ortho intramolecular Hbond substituents is 1. The molecule has 6 aromatic rings. The van der Waals surface area contributed by atoms with Crippen LogP contribution < -0.4 is 26.1 Å². The molecule has 4 aromatic heterocycles. The predicted molar refractivity (Wildman–Crippen MR) is 177 cm³/mol. The van der Waals surface area contributed by atoms with Crippen molar-refractivity contribution in [2.24, 2.45) is 0 Å². The number of nitrogens with one attached hydrogen (secondary N) is 2. The number of para-hydroxylation sites is 1. The predicted octanol–water partition coefficient (Wildman–Crippen LogP) is 4.22. The van der Waals surface area contributed by atoms with Gasteiger partial charge in [0.2, 0.25) is 5.88 Å². The summed E-state index contributed by atoms with van der Waals surface area (Å²) in [7, 11) is -2.75. The number of nitrogen functional groups attached to an aromatic ring is 1. The number of nitrogens with zero attached hydrogens (tertiary/aromatic N) is 6. The van der Waals surface area contributed by atoms with Crippen LogP contribution in [0.5, 0.6) is 11.6 Å². The topological polar surface area (TPSA) is 192 Å². The SMILES string of the molecule is COc1ncc(-c2c(N)ncnc2NC(C)c2nn3ccc(C)c3c(=O)n2-c2ccccc2)cc1NS(=O)(=O)c1ccc(O)c(C)c1. The van der Waals surface area contributed by atoms with Gasteiger partial charge in [-0.25, -0.2) is 27.9 Å². The summed E-state index contributed by atoms with van der Waals surface area (Å²) in [6.45, 7) is 5.28. The number of aromatic nitrogens is 6. The molecule has 0 saturated carbocycles. The van der Waals surface area contributed by atoms with Gasteiger partial charge in [0.25, 0.3) is 15.6 Å². The van der Waals surface area contributed by atoms with Gasteiger partial charge in [0.15, 0.2) is 5.82 Å². The van der Waals surface area contributed by atoms with E-state index in [1.807, 2.05) is 50.2 Å². The maximum Gasteiger partial charge on any atom is 0.282 e. The monoisotopic (exact) mass is 653 g/mol. The van der Waals surface area contributed by atoms with E-state index in [2.05, 4.69) is 25.0 Å². The molecule has 15 heteroatoms. The maximum absolute atomic E-state index is 13.8. The molecule has 1 unspecified atom stereocenters. The van der Waals surface area contributed by atoms with Crippen LogP contribution in [0, 0.1) is 13.8 Å². The van der Waals surface area contributed by atoms with Crippen molar-refractivity contribution in [2.75, 3.05) is 22.9 Å². The molecule has 14 nitrogen and oxygen atoms in total. The van der Waals surface area contributed by atoms with Gasteiger partial charge in [0.1, 0.15) is 34.9 Å². The minimum absolute atomic E-state index is 0.0116. The highest BCUT2D eigenvalue weighted by Crippen LogP contribution is 2.36. The van der Waals surface area contributed by atoms with E-state index in [1.165, 1.54) is 43.9 Å². The van der Waals surface area contributed by atoms with Crippen LogP contribution in [0.15, 0.2) is 89.1 Å². The molecule has 0 fully saturated rings. The largest absolute Gasteiger partial charge is 0.508 e. The van der Waals surface area contributed by atoms with Gasteiger partial charge < -0.3 is 20.9 Å². The Balaban J connectivity index is 1.42. The Morgan fingerprint density at radius 3 is 2.49 bits per heavy atom. The Morgan fingerprint density at radius 2 is 1.77 bits per heavy atom. The lowest BCUT2D eigenvalue weighted by atomic mass is 10.1. The van der Waals surface area contributed by atoms with Crippen LogP contribution >= 0.6 is 0 Å². The summed E-state index contributed by atoms with van der Waals surface area (Å²) in [5, 5.41) is 18.0. The second kappa shape index (κ2) is 12.1. The number of phenols is 1. The first-order valence-electron chi connectivity index (χ1n) is 14.4. The Labute approximate surface area is 269 Å². The van der Waals surface area contributed by atoms with Crippen molar-refractivity contribution in [3.63, 3.8) is 0 Å². The molecule has 0 aliphatic carbocycles. The molecule has 2 aromatic carbocycles. The van der Waals surface area contributed by atoms with E-state index in [9.17, 15) is 18.3 Å². The minimum atomic E-state index is -4.11. The van der Waals surface area contributed by atoms with Crippen LogP contribution in [0.1, 0.15) is 29.9 Å². The first-order chi connectivity index (χ1) is 22.5. The minimum Gasteiger partial charge on any atom is -0.508 e. The van der Waals surface area contributed by atoms with Crippen LogP contribution in [0.4, 0.5) is 17.3 Å². The third-order valence-electron chi connectivity index (χ3n) is 7.60. The molecule has 0 radical (unpaired) electrons. The van der Waals surface area contributed by atoms with Crippen molar-refractivity contribution in [1.29, 1.82) is 0 Å². The number of rotatable bonds is 9. The summed E-state index contributed by atoms with van der Waals surface area (Å²) >= 11 is 0. The molecule has 1 atom stereocenters. The lowest BCUT2D eigenvalue weighted by Gasteiger charge is -2.21. The zero-order valence-corrected chi connectivity index (χ0v) is 26.6. The fourth-order valence-electron chi connectivity index (χ4n) is 5.22. The molecule has 5 N–H and O–H groups in total. The zero-order chi connectivity index (χ0) is 33.5. The number of anilines is 3. The number of pyridine rings is 1. The van der Waals surface area contributed by atoms with Crippen molar-refractivity contribution in [1.82, 2.24) is 29.1 Å². The summed E-state index contributed by atoms with van der Waals surface area (Å²) in [4.78, 5) is 26.7. The molecular weight excluding hydrogens is 622 g/mol. The van der Waals surface area contributed by atoms with E-state index in [4.69, 9.17) is 15.6 Å². The van der Waals surface area contributed by atoms with E-state index >= 15 is 0 Å². The Hall–Kier alpha value is -5.96. The zero-order valence-electron chi connectivity index (χ0n) is 25.8. The van der Waals surface area contributed by atoms with Crippen LogP contribution in [-0.4, -0.2) is 49.8 Å². The molecule has 0 amide bonds. The maximum atomic E-state index is 13.8. The number of fused-ring (bicyclic) bond motifs is 1. The summed E-state index contributed by atoms with van der Waals surface area (Å²) in [6, 6.07) is 15.9. The highest BCUT2D eigenvalue weighted by Gasteiger charge is 2.24. The normalized spacial score (nSPS) is 12.2. The standard InChI is InChI=1S/C32H31N9O5S/c1-18-12-13-40-27(18)32(43)41(22-8-6-5-7-9-22)30(38-40)20(3)37-29-26(28(33)35-17-36-29)21-15-24(31(46-4)34-16-21)39-47(44,45)23-10-11-25(42)19(2)14-23/h5-17,20,39,42H,1-4H3,(H3,33,35,36,37). The van der Waals surface area contributed by atoms with E-state index in [1.54, 1.807) is 22.2 Å². The highest BCUT2D eigenvalue weighted by atomic mass is 32.2. The third-order valence-corrected chi connectivity index (χ3v) is 8.96. The van der Waals surface area contributed by atoms with Gasteiger partial charge >= 0.3 is 0 Å². The number of aromatic hydroxyl groups is 1. The van der Waals surface area contributed by atoms with Crippen LogP contribution in [0.2, 0.25) is 0 Å². The van der Waals surface area contributed by atoms with Crippen molar-refractivity contribution in [3.05, 3.63) is 107 Å². The Morgan fingerprint density at radius 1 is 1.00 bits per heavy atom. The number of hydrogen-bond donors (Lipinski definition) is 4. The number of ether oxygens (including phenoxy) is 1. The average Bonchev–Trinajstić information content (AvgIpc) is 3.43. The van der Waals surface area contributed by atoms with Gasteiger partial charge in [0, 0.05) is 18.0 Å². The number of aryl methyl sites for hydroxylation is 2. The molecule has 0 saturated heterocycles. The Kier molecular flexibility index (Phi) is 7.99. The van der Waals surface area contributed by atoms with E-state index in [0.29, 0.717) is 33.7 Å². The molecule has 0 bridgehead atoms. The summed E-state index contributed by atoms with van der Waals surface area (Å²) in [6.07, 6.45) is 4.48. The van der Waals surface area contributed by atoms with Gasteiger partial charge in [0.05, 0.1) is 29.3 Å². The smallest absolute Gasteiger partial charge is 0.282 e. The summed E-state index contributed by atoms with van der Waals surface area (Å²) in [5.41, 5.74) is 9.17. The second-order valence-electron chi connectivity index (χ2n) is 10.8. The van der Waals surface area contributed by atoms with Gasteiger partial charge in [-0.3, -0.25) is 14.1 Å². The number of methoxy groups -OCH3 is 1. The third kappa shape index (κ3) is 5.79. The van der Waals surface area contributed by atoms with Gasteiger partial charge in [-0.15, -0.1) is 0 Å². The lowest BCUT2D eigenvalue weighted by molar-refractivity contribution is 0.400. The fraction of sp³-hybridized carbons (Fsp3) is 0.156. The summed E-state index contributed by atoms with van der Waals surface area (Å²) in [5.74, 6) is 0.765. The molecule has 0 spiro atoms. The average molecular weight is 654 g/mol. The van der Waals surface area contributed by atoms with E-state index in [-0.39, 0.29) is 39.4 Å².